The minimum absolute atomic E-state index is 0.286. The van der Waals surface area contributed by atoms with Gasteiger partial charge < -0.3 is 10.0 Å². The van der Waals surface area contributed by atoms with Crippen LogP contribution < -0.4 is 4.90 Å². The number of anilines is 1. The number of benzene rings is 1. The molecule has 0 aliphatic rings. The lowest BCUT2D eigenvalue weighted by atomic mass is 10.2. The first-order valence-electron chi connectivity index (χ1n) is 5.76. The maximum atomic E-state index is 12.1. The summed E-state index contributed by atoms with van der Waals surface area (Å²) in [6.07, 6.45) is 0. The number of amides is 2. The molecule has 0 aliphatic carbocycles. The van der Waals surface area contributed by atoms with Gasteiger partial charge in [0.1, 0.15) is 6.54 Å². The molecule has 0 radical (unpaired) electrons. The van der Waals surface area contributed by atoms with Crippen LogP contribution in [0.1, 0.15) is 12.5 Å². The number of urea groups is 1. The monoisotopic (exact) mass is 250 g/mol. The van der Waals surface area contributed by atoms with Crippen LogP contribution in [-0.4, -0.2) is 42.1 Å². The van der Waals surface area contributed by atoms with Gasteiger partial charge in [-0.25, -0.2) is 4.79 Å². The number of carbonyl (C=O) groups excluding carboxylic acids is 1. The fourth-order valence-electron chi connectivity index (χ4n) is 1.57. The highest BCUT2D eigenvalue weighted by Gasteiger charge is 2.19. The van der Waals surface area contributed by atoms with E-state index in [1.165, 1.54) is 9.80 Å². The molecular formula is C13H18N2O3. The zero-order valence-corrected chi connectivity index (χ0v) is 10.9. The largest absolute Gasteiger partial charge is 0.480 e. The third kappa shape index (κ3) is 3.48. The van der Waals surface area contributed by atoms with Gasteiger partial charge in [0.05, 0.1) is 0 Å². The second-order valence-electron chi connectivity index (χ2n) is 4.09. The Hall–Kier alpha value is -2.04. The molecule has 0 bridgehead atoms. The standard InChI is InChI=1S/C13H18N2O3/c1-4-15(9-12(16)17)13(18)14(3)11-7-5-10(2)6-8-11/h5-8H,4,9H2,1-3H3,(H,16,17). The number of carbonyl (C=O) groups is 2. The van der Waals surface area contributed by atoms with Crippen LogP contribution in [0.25, 0.3) is 0 Å². The normalized spacial score (nSPS) is 9.94. The zero-order chi connectivity index (χ0) is 13.7. The quantitative estimate of drug-likeness (QED) is 0.888. The minimum atomic E-state index is -1.01. The van der Waals surface area contributed by atoms with Crippen molar-refractivity contribution in [2.45, 2.75) is 13.8 Å². The number of hydrogen-bond acceptors (Lipinski definition) is 2. The second-order valence-corrected chi connectivity index (χ2v) is 4.09. The van der Waals surface area contributed by atoms with E-state index in [2.05, 4.69) is 0 Å². The third-order valence-electron chi connectivity index (χ3n) is 2.69. The van der Waals surface area contributed by atoms with Crippen LogP contribution in [0.3, 0.4) is 0 Å². The van der Waals surface area contributed by atoms with Gasteiger partial charge in [0.2, 0.25) is 0 Å². The van der Waals surface area contributed by atoms with Crippen LogP contribution in [0, 0.1) is 6.92 Å². The van der Waals surface area contributed by atoms with E-state index >= 15 is 0 Å². The molecule has 18 heavy (non-hydrogen) atoms. The van der Waals surface area contributed by atoms with Gasteiger partial charge in [-0.2, -0.15) is 0 Å². The molecule has 1 N–H and O–H groups in total. The van der Waals surface area contributed by atoms with Crippen molar-refractivity contribution in [1.82, 2.24) is 4.90 Å². The van der Waals surface area contributed by atoms with E-state index in [-0.39, 0.29) is 12.6 Å². The first-order chi connectivity index (χ1) is 8.45. The topological polar surface area (TPSA) is 60.9 Å². The molecule has 0 heterocycles. The molecule has 0 saturated heterocycles. The summed E-state index contributed by atoms with van der Waals surface area (Å²) in [6.45, 7) is 3.80. The van der Waals surface area contributed by atoms with Crippen LogP contribution in [0.2, 0.25) is 0 Å². The summed E-state index contributed by atoms with van der Waals surface area (Å²) < 4.78 is 0. The van der Waals surface area contributed by atoms with E-state index in [4.69, 9.17) is 5.11 Å². The Bertz CT molecular complexity index is 428. The van der Waals surface area contributed by atoms with E-state index in [0.29, 0.717) is 6.54 Å². The van der Waals surface area contributed by atoms with Crippen molar-refractivity contribution in [2.24, 2.45) is 0 Å². The van der Waals surface area contributed by atoms with Gasteiger partial charge in [0.25, 0.3) is 0 Å². The number of nitrogens with zero attached hydrogens (tertiary/aromatic N) is 2. The molecule has 0 unspecified atom stereocenters. The first-order valence-corrected chi connectivity index (χ1v) is 5.76. The Morgan fingerprint density at radius 1 is 1.22 bits per heavy atom. The average Bonchev–Trinajstić information content (AvgIpc) is 2.35. The number of hydrogen-bond donors (Lipinski definition) is 1. The van der Waals surface area contributed by atoms with Gasteiger partial charge >= 0.3 is 12.0 Å². The summed E-state index contributed by atoms with van der Waals surface area (Å²) >= 11 is 0. The lowest BCUT2D eigenvalue weighted by Gasteiger charge is -2.26. The summed E-state index contributed by atoms with van der Waals surface area (Å²) in [5, 5.41) is 8.74. The molecule has 1 rings (SSSR count). The minimum Gasteiger partial charge on any atom is -0.480 e. The number of likely N-dealkylation sites (N-methyl/N-ethyl adjacent to an activating group) is 1. The van der Waals surface area contributed by atoms with Gasteiger partial charge in [0.15, 0.2) is 0 Å². The van der Waals surface area contributed by atoms with E-state index in [1.807, 2.05) is 31.2 Å². The van der Waals surface area contributed by atoms with Crippen molar-refractivity contribution < 1.29 is 14.7 Å². The maximum Gasteiger partial charge on any atom is 0.324 e. The summed E-state index contributed by atoms with van der Waals surface area (Å²) in [5.74, 6) is -1.01. The van der Waals surface area contributed by atoms with Gasteiger partial charge in [0, 0.05) is 19.3 Å². The highest BCUT2D eigenvalue weighted by Crippen LogP contribution is 2.15. The van der Waals surface area contributed by atoms with Crippen molar-refractivity contribution in [1.29, 1.82) is 0 Å². The Balaban J connectivity index is 2.81. The van der Waals surface area contributed by atoms with Gasteiger partial charge in [-0.1, -0.05) is 17.7 Å². The average molecular weight is 250 g/mol. The highest BCUT2D eigenvalue weighted by molar-refractivity contribution is 5.93. The molecule has 1 aromatic carbocycles. The lowest BCUT2D eigenvalue weighted by molar-refractivity contribution is -0.137. The zero-order valence-electron chi connectivity index (χ0n) is 10.9. The van der Waals surface area contributed by atoms with Crippen LogP contribution in [0.4, 0.5) is 10.5 Å². The van der Waals surface area contributed by atoms with Gasteiger partial charge in [-0.05, 0) is 26.0 Å². The van der Waals surface area contributed by atoms with E-state index in [0.717, 1.165) is 11.3 Å². The molecule has 1 aromatic rings. The summed E-state index contributed by atoms with van der Waals surface area (Å²) in [4.78, 5) is 25.5. The Labute approximate surface area is 107 Å². The lowest BCUT2D eigenvalue weighted by Crippen LogP contribution is -2.43. The fraction of sp³-hybridized carbons (Fsp3) is 0.385. The third-order valence-corrected chi connectivity index (χ3v) is 2.69. The molecule has 5 heteroatoms. The van der Waals surface area contributed by atoms with Crippen LogP contribution in [-0.2, 0) is 4.79 Å². The van der Waals surface area contributed by atoms with Crippen molar-refractivity contribution >= 4 is 17.7 Å². The Morgan fingerprint density at radius 3 is 2.22 bits per heavy atom. The Morgan fingerprint density at radius 2 is 1.78 bits per heavy atom. The first kappa shape index (κ1) is 14.0. The molecule has 5 nitrogen and oxygen atoms in total. The molecule has 98 valence electrons. The molecule has 0 saturated carbocycles. The number of aliphatic carboxylic acids is 1. The highest BCUT2D eigenvalue weighted by atomic mass is 16.4. The van der Waals surface area contributed by atoms with E-state index in [9.17, 15) is 9.59 Å². The predicted molar refractivity (Wildman–Crippen MR) is 69.9 cm³/mol. The Kier molecular flexibility index (Phi) is 4.71. The second kappa shape index (κ2) is 6.05. The van der Waals surface area contributed by atoms with Gasteiger partial charge in [-0.15, -0.1) is 0 Å². The number of carboxylic acid groups (broad SMARTS) is 1. The van der Waals surface area contributed by atoms with Crippen LogP contribution in [0.15, 0.2) is 24.3 Å². The SMILES string of the molecule is CCN(CC(=O)O)C(=O)N(C)c1ccc(C)cc1. The summed E-state index contributed by atoms with van der Waals surface area (Å²) in [6, 6.07) is 7.17. The van der Waals surface area contributed by atoms with Crippen molar-refractivity contribution in [3.05, 3.63) is 29.8 Å². The van der Waals surface area contributed by atoms with Crippen molar-refractivity contribution in [3.8, 4) is 0 Å². The molecule has 0 aliphatic heterocycles. The molecule has 0 atom stereocenters. The van der Waals surface area contributed by atoms with E-state index < -0.39 is 5.97 Å². The number of rotatable bonds is 4. The van der Waals surface area contributed by atoms with E-state index in [1.54, 1.807) is 14.0 Å². The molecule has 0 spiro atoms. The summed E-state index contributed by atoms with van der Waals surface area (Å²) in [7, 11) is 1.64. The number of aryl methyl sites for hydroxylation is 1. The maximum absolute atomic E-state index is 12.1. The van der Waals surface area contributed by atoms with Crippen molar-refractivity contribution in [2.75, 3.05) is 25.0 Å². The smallest absolute Gasteiger partial charge is 0.324 e. The molecule has 0 fully saturated rings. The fourth-order valence-corrected chi connectivity index (χ4v) is 1.57. The summed E-state index contributed by atoms with van der Waals surface area (Å²) in [5.41, 5.74) is 1.85. The molecule has 2 amide bonds. The van der Waals surface area contributed by atoms with Crippen LogP contribution in [0.5, 0.6) is 0 Å². The predicted octanol–water partition coefficient (Wildman–Crippen LogP) is 1.96. The molecular weight excluding hydrogens is 232 g/mol. The van der Waals surface area contributed by atoms with Crippen LogP contribution >= 0.6 is 0 Å². The van der Waals surface area contributed by atoms with Crippen molar-refractivity contribution in [3.63, 3.8) is 0 Å². The molecule has 0 aromatic heterocycles. The number of carboxylic acids is 1. The van der Waals surface area contributed by atoms with Gasteiger partial charge in [-0.3, -0.25) is 9.69 Å².